The quantitative estimate of drug-likeness (QED) is 0.137. The van der Waals surface area contributed by atoms with E-state index in [0.29, 0.717) is 30.5 Å². The van der Waals surface area contributed by atoms with Crippen molar-refractivity contribution in [3.8, 4) is 22.9 Å². The van der Waals surface area contributed by atoms with E-state index in [1.807, 2.05) is 31.2 Å². The van der Waals surface area contributed by atoms with Crippen LogP contribution in [0.25, 0.3) is 11.4 Å². The standard InChI is InChI=1S/C30H46N2O5/c1-5-7-9-11-12-14-20-35-28-21-31-29(32-22-28)26-15-17-27(18-16-26)36-23-24(3)37-30(33)25(4)34-19-13-10-8-6-2/h15-18,21-22,24-25H,5-14,19-20,23H2,1-4H3/t24-,25+/m1/s1. The predicted octanol–water partition coefficient (Wildman–Crippen LogP) is 7.18. The Balaban J connectivity index is 1.68. The van der Waals surface area contributed by atoms with E-state index in [4.69, 9.17) is 18.9 Å². The molecule has 206 valence electrons. The summed E-state index contributed by atoms with van der Waals surface area (Å²) in [6.45, 7) is 9.46. The van der Waals surface area contributed by atoms with Crippen LogP contribution >= 0.6 is 0 Å². The first-order valence-electron chi connectivity index (χ1n) is 14.0. The van der Waals surface area contributed by atoms with Crippen molar-refractivity contribution in [1.82, 2.24) is 9.97 Å². The van der Waals surface area contributed by atoms with Crippen molar-refractivity contribution in [2.45, 2.75) is 104 Å². The van der Waals surface area contributed by atoms with Gasteiger partial charge in [0.25, 0.3) is 0 Å². The van der Waals surface area contributed by atoms with Gasteiger partial charge >= 0.3 is 5.97 Å². The van der Waals surface area contributed by atoms with Crippen LogP contribution in [0.3, 0.4) is 0 Å². The van der Waals surface area contributed by atoms with Crippen molar-refractivity contribution in [3.63, 3.8) is 0 Å². The number of rotatable bonds is 20. The third-order valence-electron chi connectivity index (χ3n) is 6.01. The highest BCUT2D eigenvalue weighted by molar-refractivity contribution is 5.74. The average molecular weight is 515 g/mol. The molecule has 2 rings (SSSR count). The van der Waals surface area contributed by atoms with Crippen molar-refractivity contribution < 1.29 is 23.7 Å². The van der Waals surface area contributed by atoms with Gasteiger partial charge in [-0.05, 0) is 51.0 Å². The molecule has 2 atom stereocenters. The van der Waals surface area contributed by atoms with Gasteiger partial charge in [-0.15, -0.1) is 0 Å². The third kappa shape index (κ3) is 12.9. The van der Waals surface area contributed by atoms with E-state index in [0.717, 1.165) is 24.8 Å². The molecule has 7 heteroatoms. The van der Waals surface area contributed by atoms with E-state index in [-0.39, 0.29) is 18.7 Å². The lowest BCUT2D eigenvalue weighted by molar-refractivity contribution is -0.162. The molecule has 0 saturated heterocycles. The molecule has 0 spiro atoms. The van der Waals surface area contributed by atoms with E-state index in [9.17, 15) is 4.79 Å². The maximum absolute atomic E-state index is 12.2. The number of hydrogen-bond donors (Lipinski definition) is 0. The molecule has 0 saturated carbocycles. The molecule has 0 N–H and O–H groups in total. The molecule has 0 radical (unpaired) electrons. The molecule has 7 nitrogen and oxygen atoms in total. The van der Waals surface area contributed by atoms with Crippen molar-refractivity contribution >= 4 is 5.97 Å². The average Bonchev–Trinajstić information content (AvgIpc) is 2.92. The van der Waals surface area contributed by atoms with Gasteiger partial charge in [0.15, 0.2) is 17.7 Å². The highest BCUT2D eigenvalue weighted by atomic mass is 16.6. The van der Waals surface area contributed by atoms with Crippen molar-refractivity contribution in [3.05, 3.63) is 36.7 Å². The second kappa shape index (κ2) is 18.6. The van der Waals surface area contributed by atoms with Crippen LogP contribution in [-0.2, 0) is 14.3 Å². The Morgan fingerprint density at radius 3 is 2.03 bits per heavy atom. The fourth-order valence-corrected chi connectivity index (χ4v) is 3.71. The summed E-state index contributed by atoms with van der Waals surface area (Å²) in [7, 11) is 0. The lowest BCUT2D eigenvalue weighted by Gasteiger charge is -2.18. The predicted molar refractivity (Wildman–Crippen MR) is 147 cm³/mol. The molecule has 0 unspecified atom stereocenters. The van der Waals surface area contributed by atoms with Crippen molar-refractivity contribution in [1.29, 1.82) is 0 Å². The molecule has 0 fully saturated rings. The second-order valence-corrected chi connectivity index (χ2v) is 9.52. The molecule has 0 aliphatic rings. The monoisotopic (exact) mass is 514 g/mol. The molecule has 0 aliphatic heterocycles. The Kier molecular flexibility index (Phi) is 15.3. The van der Waals surface area contributed by atoms with E-state index in [1.54, 1.807) is 19.3 Å². The number of carbonyl (C=O) groups excluding carboxylic acids is 1. The van der Waals surface area contributed by atoms with Crippen LogP contribution < -0.4 is 9.47 Å². The SMILES string of the molecule is CCCCCCCCOc1cnc(-c2ccc(OC[C@@H](C)OC(=O)[C@H](C)OCCCCCC)cc2)nc1. The van der Waals surface area contributed by atoms with Gasteiger partial charge in [0.1, 0.15) is 18.5 Å². The Morgan fingerprint density at radius 2 is 1.35 bits per heavy atom. The topological polar surface area (TPSA) is 79.8 Å². The minimum atomic E-state index is -0.573. The smallest absolute Gasteiger partial charge is 0.335 e. The Morgan fingerprint density at radius 1 is 0.757 bits per heavy atom. The summed E-state index contributed by atoms with van der Waals surface area (Å²) in [5.74, 6) is 1.64. The number of hydrogen-bond acceptors (Lipinski definition) is 7. The van der Waals surface area contributed by atoms with Crippen LogP contribution in [0.1, 0.15) is 91.9 Å². The molecular weight excluding hydrogens is 468 g/mol. The van der Waals surface area contributed by atoms with Gasteiger partial charge in [0.05, 0.1) is 19.0 Å². The van der Waals surface area contributed by atoms with Gasteiger partial charge in [-0.25, -0.2) is 14.8 Å². The summed E-state index contributed by atoms with van der Waals surface area (Å²) in [6.07, 6.45) is 14.3. The highest BCUT2D eigenvalue weighted by Gasteiger charge is 2.18. The van der Waals surface area contributed by atoms with Crippen LogP contribution in [0.5, 0.6) is 11.5 Å². The van der Waals surface area contributed by atoms with Gasteiger partial charge in [-0.1, -0.05) is 65.2 Å². The van der Waals surface area contributed by atoms with Gasteiger partial charge in [0.2, 0.25) is 0 Å². The van der Waals surface area contributed by atoms with Crippen LogP contribution in [0.15, 0.2) is 36.7 Å². The molecule has 0 bridgehead atoms. The number of unbranched alkanes of at least 4 members (excludes halogenated alkanes) is 8. The molecule has 1 aromatic heterocycles. The fourth-order valence-electron chi connectivity index (χ4n) is 3.71. The van der Waals surface area contributed by atoms with E-state index in [1.165, 1.54) is 44.9 Å². The number of ether oxygens (including phenoxy) is 4. The maximum Gasteiger partial charge on any atom is 0.335 e. The number of nitrogens with zero attached hydrogens (tertiary/aromatic N) is 2. The Labute approximate surface area is 223 Å². The Bertz CT molecular complexity index is 857. The zero-order valence-corrected chi connectivity index (χ0v) is 23.2. The van der Waals surface area contributed by atoms with Gasteiger partial charge in [-0.2, -0.15) is 0 Å². The zero-order valence-electron chi connectivity index (χ0n) is 23.2. The first-order chi connectivity index (χ1) is 18.0. The number of carbonyl (C=O) groups is 1. The number of benzene rings is 1. The van der Waals surface area contributed by atoms with Crippen molar-refractivity contribution in [2.75, 3.05) is 19.8 Å². The number of esters is 1. The first-order valence-corrected chi connectivity index (χ1v) is 14.0. The number of aromatic nitrogens is 2. The summed E-state index contributed by atoms with van der Waals surface area (Å²) in [5, 5.41) is 0. The van der Waals surface area contributed by atoms with Crippen LogP contribution in [0.4, 0.5) is 0 Å². The fraction of sp³-hybridized carbons (Fsp3) is 0.633. The zero-order chi connectivity index (χ0) is 26.7. The minimum absolute atomic E-state index is 0.259. The first kappa shape index (κ1) is 30.6. The summed E-state index contributed by atoms with van der Waals surface area (Å²) < 4.78 is 22.6. The minimum Gasteiger partial charge on any atom is -0.490 e. The Hall–Kier alpha value is -2.67. The normalized spacial score (nSPS) is 12.6. The summed E-state index contributed by atoms with van der Waals surface area (Å²) in [4.78, 5) is 21.1. The molecule has 1 heterocycles. The maximum atomic E-state index is 12.2. The summed E-state index contributed by atoms with van der Waals surface area (Å²) in [6, 6.07) is 7.54. The summed E-state index contributed by atoms with van der Waals surface area (Å²) >= 11 is 0. The van der Waals surface area contributed by atoms with E-state index < -0.39 is 6.10 Å². The molecular formula is C30H46N2O5. The van der Waals surface area contributed by atoms with Crippen LogP contribution in [-0.4, -0.2) is 48.0 Å². The lowest BCUT2D eigenvalue weighted by Crippen LogP contribution is -2.30. The molecule has 0 aliphatic carbocycles. The summed E-state index contributed by atoms with van der Waals surface area (Å²) in [5.41, 5.74) is 0.888. The largest absolute Gasteiger partial charge is 0.490 e. The third-order valence-corrected chi connectivity index (χ3v) is 6.01. The molecule has 37 heavy (non-hydrogen) atoms. The van der Waals surface area contributed by atoms with Gasteiger partial charge < -0.3 is 18.9 Å². The van der Waals surface area contributed by atoms with Crippen LogP contribution in [0, 0.1) is 0 Å². The molecule has 0 amide bonds. The molecule has 2 aromatic rings. The highest BCUT2D eigenvalue weighted by Crippen LogP contribution is 2.21. The van der Waals surface area contributed by atoms with Gasteiger partial charge in [-0.3, -0.25) is 0 Å². The lowest BCUT2D eigenvalue weighted by atomic mass is 10.1. The van der Waals surface area contributed by atoms with Crippen LogP contribution in [0.2, 0.25) is 0 Å². The van der Waals surface area contributed by atoms with E-state index >= 15 is 0 Å². The molecule has 1 aromatic carbocycles. The second-order valence-electron chi connectivity index (χ2n) is 9.52. The van der Waals surface area contributed by atoms with Gasteiger partial charge in [0, 0.05) is 12.2 Å². The van der Waals surface area contributed by atoms with Crippen molar-refractivity contribution in [2.24, 2.45) is 0 Å². The van der Waals surface area contributed by atoms with E-state index in [2.05, 4.69) is 23.8 Å².